The summed E-state index contributed by atoms with van der Waals surface area (Å²) in [6.45, 7) is 1.47. The van der Waals surface area contributed by atoms with Crippen LogP contribution in [0.5, 0.6) is 0 Å². The number of carbonyl (C=O) groups is 3. The second-order valence-electron chi connectivity index (χ2n) is 8.47. The van der Waals surface area contributed by atoms with Crippen LogP contribution >= 0.6 is 11.6 Å². The molecule has 180 valence electrons. The van der Waals surface area contributed by atoms with E-state index in [0.29, 0.717) is 17.9 Å². The number of aromatic nitrogens is 1. The summed E-state index contributed by atoms with van der Waals surface area (Å²) in [6.07, 6.45) is 0.665. The molecule has 12 heteroatoms. The molecule has 2 aromatic rings. The van der Waals surface area contributed by atoms with E-state index in [2.05, 4.69) is 5.32 Å². The Balaban J connectivity index is 1.48. The first kappa shape index (κ1) is 24.0. The van der Waals surface area contributed by atoms with Crippen LogP contribution in [0.3, 0.4) is 0 Å². The Hall–Kier alpha value is -3.18. The minimum Gasteiger partial charge on any atom is -0.348 e. The number of amides is 3. The van der Waals surface area contributed by atoms with Gasteiger partial charge in [0.05, 0.1) is 0 Å². The number of hydrogen-bond donors (Lipinski definition) is 2. The normalized spacial score (nSPS) is 16.5. The molecule has 0 atom stereocenters. The highest BCUT2D eigenvalue weighted by molar-refractivity contribution is 7.91. The van der Waals surface area contributed by atoms with Crippen molar-refractivity contribution in [2.75, 3.05) is 13.1 Å². The fourth-order valence-corrected chi connectivity index (χ4v) is 5.66. The molecule has 34 heavy (non-hydrogen) atoms. The van der Waals surface area contributed by atoms with Crippen molar-refractivity contribution in [2.45, 2.75) is 37.6 Å². The number of benzene rings is 1. The van der Waals surface area contributed by atoms with E-state index in [1.54, 1.807) is 24.3 Å². The lowest BCUT2D eigenvalue weighted by Crippen LogP contribution is -2.52. The molecule has 1 aliphatic carbocycles. The van der Waals surface area contributed by atoms with Gasteiger partial charge in [-0.3, -0.25) is 23.9 Å². The van der Waals surface area contributed by atoms with E-state index in [9.17, 15) is 27.6 Å². The maximum Gasteiger partial charge on any atom is 0.270 e. The smallest absolute Gasteiger partial charge is 0.270 e. The summed E-state index contributed by atoms with van der Waals surface area (Å²) < 4.78 is 27.1. The maximum atomic E-state index is 13.0. The van der Waals surface area contributed by atoms with Crippen LogP contribution in [-0.4, -0.2) is 53.4 Å². The van der Waals surface area contributed by atoms with Crippen LogP contribution in [0.15, 0.2) is 41.2 Å². The topological polar surface area (TPSA) is 135 Å². The molecule has 0 bridgehead atoms. The number of sulfonamides is 1. The number of carbonyl (C=O) groups excluding carboxylic acids is 3. The maximum absolute atomic E-state index is 13.0. The van der Waals surface area contributed by atoms with Crippen molar-refractivity contribution in [1.82, 2.24) is 19.5 Å². The predicted octanol–water partition coefficient (Wildman–Crippen LogP) is 0.886. The number of fused-ring (bicyclic) bond motifs is 1. The van der Waals surface area contributed by atoms with Crippen LogP contribution in [-0.2, 0) is 27.9 Å². The lowest BCUT2D eigenvalue weighted by Gasteiger charge is -2.32. The van der Waals surface area contributed by atoms with Crippen molar-refractivity contribution >= 4 is 39.3 Å². The Morgan fingerprint density at radius 3 is 2.35 bits per heavy atom. The van der Waals surface area contributed by atoms with Gasteiger partial charge in [0.2, 0.25) is 15.9 Å². The third-order valence-electron chi connectivity index (χ3n) is 6.02. The standard InChI is InChI=1S/C22H23ClN4O6S/c1-14(28)25-34(32,33)22(8-9-22)13-26-10-11-27-18(21(26)31)7-6-17(20(27)30)19(29)24-12-15-2-4-16(23)5-3-15/h2-7H,8-13H2,1H3,(H,24,29)(H,25,28). The quantitative estimate of drug-likeness (QED) is 0.572. The Labute approximate surface area is 200 Å². The molecule has 0 radical (unpaired) electrons. The van der Waals surface area contributed by atoms with Crippen LogP contribution in [0.25, 0.3) is 0 Å². The van der Waals surface area contributed by atoms with Gasteiger partial charge in [0.25, 0.3) is 17.4 Å². The number of nitrogens with one attached hydrogen (secondary N) is 2. The highest BCUT2D eigenvalue weighted by Gasteiger charge is 2.56. The number of pyridine rings is 1. The molecule has 1 saturated carbocycles. The number of nitrogens with zero attached hydrogens (tertiary/aromatic N) is 2. The fourth-order valence-electron chi connectivity index (χ4n) is 3.97. The lowest BCUT2D eigenvalue weighted by atomic mass is 10.1. The first-order valence-corrected chi connectivity index (χ1v) is 12.5. The molecule has 0 unspecified atom stereocenters. The Morgan fingerprint density at radius 2 is 1.74 bits per heavy atom. The Morgan fingerprint density at radius 1 is 1.06 bits per heavy atom. The van der Waals surface area contributed by atoms with Crippen molar-refractivity contribution in [3.8, 4) is 0 Å². The van der Waals surface area contributed by atoms with E-state index < -0.39 is 38.1 Å². The zero-order valence-corrected chi connectivity index (χ0v) is 19.9. The monoisotopic (exact) mass is 506 g/mol. The van der Waals surface area contributed by atoms with Gasteiger partial charge in [0.15, 0.2) is 0 Å². The predicted molar refractivity (Wildman–Crippen MR) is 124 cm³/mol. The van der Waals surface area contributed by atoms with E-state index in [0.717, 1.165) is 12.5 Å². The van der Waals surface area contributed by atoms with Gasteiger partial charge in [0.1, 0.15) is 16.0 Å². The summed E-state index contributed by atoms with van der Waals surface area (Å²) in [5, 5.41) is 3.25. The summed E-state index contributed by atoms with van der Waals surface area (Å²) in [7, 11) is -3.93. The van der Waals surface area contributed by atoms with E-state index >= 15 is 0 Å². The van der Waals surface area contributed by atoms with Gasteiger partial charge in [-0.15, -0.1) is 0 Å². The highest BCUT2D eigenvalue weighted by atomic mass is 35.5. The summed E-state index contributed by atoms with van der Waals surface area (Å²) in [4.78, 5) is 51.2. The summed E-state index contributed by atoms with van der Waals surface area (Å²) in [5.41, 5.74) is 0.208. The first-order chi connectivity index (χ1) is 16.0. The zero-order chi connectivity index (χ0) is 24.7. The van der Waals surface area contributed by atoms with Crippen molar-refractivity contribution in [3.05, 3.63) is 68.6 Å². The van der Waals surface area contributed by atoms with Gasteiger partial charge < -0.3 is 14.8 Å². The molecular weight excluding hydrogens is 484 g/mol. The average Bonchev–Trinajstić information content (AvgIpc) is 3.56. The number of halogens is 1. The SMILES string of the molecule is CC(=O)NS(=O)(=O)C1(CN2CCn3c(ccc(C(=O)NCc4ccc(Cl)cc4)c3=O)C2=O)CC1. The summed E-state index contributed by atoms with van der Waals surface area (Å²) in [6, 6.07) is 9.61. The fraction of sp³-hybridized carbons (Fsp3) is 0.364. The van der Waals surface area contributed by atoms with Crippen LogP contribution in [0.4, 0.5) is 0 Å². The third-order valence-corrected chi connectivity index (χ3v) is 8.51. The van der Waals surface area contributed by atoms with E-state index in [1.165, 1.54) is 21.6 Å². The minimum absolute atomic E-state index is 0.0774. The average molecular weight is 507 g/mol. The lowest BCUT2D eigenvalue weighted by molar-refractivity contribution is -0.117. The molecule has 2 aliphatic rings. The van der Waals surface area contributed by atoms with Gasteiger partial charge in [-0.2, -0.15) is 0 Å². The van der Waals surface area contributed by atoms with E-state index in [4.69, 9.17) is 11.6 Å². The number of rotatable bonds is 7. The van der Waals surface area contributed by atoms with Crippen LogP contribution in [0.1, 0.15) is 46.2 Å². The third kappa shape index (κ3) is 4.58. The van der Waals surface area contributed by atoms with Gasteiger partial charge >= 0.3 is 0 Å². The van der Waals surface area contributed by atoms with Gasteiger partial charge in [0, 0.05) is 38.1 Å². The van der Waals surface area contributed by atoms with Crippen LogP contribution in [0.2, 0.25) is 5.02 Å². The molecule has 10 nitrogen and oxygen atoms in total. The van der Waals surface area contributed by atoms with Gasteiger partial charge in [-0.1, -0.05) is 23.7 Å². The van der Waals surface area contributed by atoms with Crippen LogP contribution in [0, 0.1) is 0 Å². The van der Waals surface area contributed by atoms with Gasteiger partial charge in [-0.25, -0.2) is 8.42 Å². The molecule has 1 aromatic carbocycles. The molecule has 1 aromatic heterocycles. The molecule has 1 fully saturated rings. The molecule has 0 saturated heterocycles. The van der Waals surface area contributed by atoms with Crippen molar-refractivity contribution < 1.29 is 22.8 Å². The molecule has 3 amide bonds. The van der Waals surface area contributed by atoms with Crippen LogP contribution < -0.4 is 15.6 Å². The minimum atomic E-state index is -3.93. The Bertz CT molecular complexity index is 1330. The van der Waals surface area contributed by atoms with Gasteiger partial charge in [-0.05, 0) is 42.7 Å². The van der Waals surface area contributed by atoms with E-state index in [-0.39, 0.29) is 37.4 Å². The largest absolute Gasteiger partial charge is 0.348 e. The summed E-state index contributed by atoms with van der Waals surface area (Å²) in [5.74, 6) is -1.75. The number of hydrogen-bond acceptors (Lipinski definition) is 6. The molecule has 2 N–H and O–H groups in total. The van der Waals surface area contributed by atoms with Crippen molar-refractivity contribution in [1.29, 1.82) is 0 Å². The molecule has 2 heterocycles. The van der Waals surface area contributed by atoms with Crippen molar-refractivity contribution in [3.63, 3.8) is 0 Å². The Kier molecular flexibility index (Phi) is 6.26. The second-order valence-corrected chi connectivity index (χ2v) is 11.0. The first-order valence-electron chi connectivity index (χ1n) is 10.6. The molecule has 0 spiro atoms. The summed E-state index contributed by atoms with van der Waals surface area (Å²) >= 11 is 5.85. The highest BCUT2D eigenvalue weighted by Crippen LogP contribution is 2.44. The molecule has 1 aliphatic heterocycles. The molecular formula is C22H23ClN4O6S. The molecule has 4 rings (SSSR count). The zero-order valence-electron chi connectivity index (χ0n) is 18.3. The second kappa shape index (κ2) is 8.88. The van der Waals surface area contributed by atoms with E-state index in [1.807, 2.05) is 4.72 Å². The van der Waals surface area contributed by atoms with Crippen molar-refractivity contribution in [2.24, 2.45) is 0 Å².